The Morgan fingerprint density at radius 3 is 1.83 bits per heavy atom. The number of hydrogen-bond acceptors (Lipinski definition) is 4. The van der Waals surface area contributed by atoms with Gasteiger partial charge in [-0.05, 0) is 38.5 Å². The third-order valence-electron chi connectivity index (χ3n) is 3.61. The van der Waals surface area contributed by atoms with E-state index in [9.17, 15) is 15.0 Å². The molecule has 0 bridgehead atoms. The summed E-state index contributed by atoms with van der Waals surface area (Å²) >= 11 is 0. The smallest absolute Gasteiger partial charge is 0 e. The van der Waals surface area contributed by atoms with Crippen LogP contribution in [0.2, 0.25) is 0 Å². The summed E-state index contributed by atoms with van der Waals surface area (Å²) in [7, 11) is 0. The Hall–Kier alpha value is -0.871. The third-order valence-corrected chi connectivity index (χ3v) is 3.61. The molecule has 3 atom stereocenters. The van der Waals surface area contributed by atoms with Crippen LogP contribution < -0.4 is 0 Å². The molecule has 29 heavy (non-hydrogen) atoms. The Morgan fingerprint density at radius 1 is 0.897 bits per heavy atom. The van der Waals surface area contributed by atoms with Crippen LogP contribution in [0.4, 0.5) is 0 Å². The summed E-state index contributed by atoms with van der Waals surface area (Å²) in [4.78, 5) is 10.3. The van der Waals surface area contributed by atoms with Crippen molar-refractivity contribution in [2.45, 2.75) is 89.9 Å². The minimum atomic E-state index is -0.677. The van der Waals surface area contributed by atoms with E-state index in [1.54, 1.807) is 19.3 Å². The first kappa shape index (κ1) is 38.7. The van der Waals surface area contributed by atoms with Gasteiger partial charge in [-0.3, -0.25) is 0 Å². The molecule has 0 unspecified atom stereocenters. The first-order valence-electron chi connectivity index (χ1n) is 9.15. The summed E-state index contributed by atoms with van der Waals surface area (Å²) in [5, 5.41) is 19.7. The molecule has 0 aliphatic carbocycles. The van der Waals surface area contributed by atoms with Gasteiger partial charge in [0, 0.05) is 23.5 Å². The van der Waals surface area contributed by atoms with Gasteiger partial charge in [-0.15, -0.1) is 0 Å². The van der Waals surface area contributed by atoms with E-state index >= 15 is 0 Å². The van der Waals surface area contributed by atoms with Gasteiger partial charge < -0.3 is 19.7 Å². The second-order valence-corrected chi connectivity index (χ2v) is 5.77. The van der Waals surface area contributed by atoms with Crippen LogP contribution in [-0.4, -0.2) is 35.0 Å². The Bertz CT molecular complexity index is 344. The number of hydrogen-bond donors (Lipinski definition) is 2. The number of aliphatic hydroxyl groups excluding tert-OH is 2. The Morgan fingerprint density at radius 2 is 1.38 bits per heavy atom. The van der Waals surface area contributed by atoms with Gasteiger partial charge in [0.15, 0.2) is 0 Å². The Balaban J connectivity index is -0.000000249. The van der Waals surface area contributed by atoms with Crippen LogP contribution in [0, 0.1) is 39.2 Å². The van der Waals surface area contributed by atoms with Crippen molar-refractivity contribution in [1.82, 2.24) is 0 Å². The molecule has 0 aliphatic heterocycles. The minimum absolute atomic E-state index is 0. The van der Waals surface area contributed by atoms with Gasteiger partial charge in [0.1, 0.15) is 0 Å². The molecule has 0 aromatic heterocycles. The van der Waals surface area contributed by atoms with Gasteiger partial charge in [0.05, 0.1) is 18.3 Å². The number of carbonyl (C=O) groups excluding carboxylic acids is 1. The summed E-state index contributed by atoms with van der Waals surface area (Å²) in [6, 6.07) is 0. The number of aliphatic hydroxyl groups is 2. The normalized spacial score (nSPS) is 11.8. The van der Waals surface area contributed by atoms with Crippen molar-refractivity contribution in [2.75, 3.05) is 0 Å². The van der Waals surface area contributed by atoms with Crippen molar-refractivity contribution in [3.05, 3.63) is 39.2 Å². The van der Waals surface area contributed by atoms with Gasteiger partial charge in [-0.1, -0.05) is 52.4 Å². The van der Waals surface area contributed by atoms with E-state index in [0.717, 1.165) is 51.4 Å². The fourth-order valence-electron chi connectivity index (χ4n) is 2.27. The maximum atomic E-state index is 10.3. The molecule has 2 N–H and O–H groups in total. The average molecular weight is 452 g/mol. The summed E-state index contributed by atoms with van der Waals surface area (Å²) < 4.78 is 27.4. The zero-order valence-corrected chi connectivity index (χ0v) is 18.2. The molecule has 0 spiro atoms. The predicted octanol–water partition coefficient (Wildman–Crippen LogP) is 3.21. The molecule has 0 saturated heterocycles. The van der Waals surface area contributed by atoms with Gasteiger partial charge >= 0.3 is 33.9 Å². The second kappa shape index (κ2) is 37.8. The first-order valence-corrected chi connectivity index (χ1v) is 9.15. The van der Waals surface area contributed by atoms with E-state index in [2.05, 4.69) is 33.8 Å². The molecule has 0 rings (SSSR count). The molecule has 0 saturated carbocycles. The Labute approximate surface area is 186 Å². The minimum Gasteiger partial charge on any atom is 0 e. The van der Waals surface area contributed by atoms with Gasteiger partial charge in [0.2, 0.25) is 0 Å². The average Bonchev–Trinajstić information content (AvgIpc) is 2.73. The van der Waals surface area contributed by atoms with Crippen LogP contribution in [-0.2, 0) is 40.6 Å². The number of ether oxygens (including phenoxy) is 1. The quantitative estimate of drug-likeness (QED) is 0.161. The van der Waals surface area contributed by atoms with Crippen molar-refractivity contribution in [3.63, 3.8) is 0 Å². The van der Waals surface area contributed by atoms with E-state index in [1.807, 2.05) is 0 Å². The molecule has 0 aliphatic rings. The fourth-order valence-corrected chi connectivity index (χ4v) is 2.27. The van der Waals surface area contributed by atoms with Crippen LogP contribution in [0.5, 0.6) is 0 Å². The molecule has 0 amide bonds. The van der Waals surface area contributed by atoms with Crippen LogP contribution in [0.25, 0.3) is 0 Å². The zero-order chi connectivity index (χ0) is 22.6. The molecule has 3 radical (unpaired) electrons. The van der Waals surface area contributed by atoms with E-state index in [-0.39, 0.29) is 23.2 Å². The van der Waals surface area contributed by atoms with E-state index in [4.69, 9.17) is 18.7 Å². The molecular formula is C21H32FeO7-. The van der Waals surface area contributed by atoms with E-state index in [0.29, 0.717) is 6.42 Å². The van der Waals surface area contributed by atoms with Gasteiger partial charge in [-0.2, -0.15) is 0 Å². The monoisotopic (exact) mass is 452 g/mol. The largest absolute Gasteiger partial charge is 0 e. The van der Waals surface area contributed by atoms with Crippen LogP contribution in [0.1, 0.15) is 71.6 Å². The van der Waals surface area contributed by atoms with Crippen molar-refractivity contribution < 1.29 is 50.8 Å². The molecule has 0 aromatic carbocycles. The second-order valence-electron chi connectivity index (χ2n) is 5.77. The standard InChI is InChI=1S/C18H32O4.3CO.Fe/c1-3-5-7-10-16(20)14-17(21)11-9-13-18(22-15-19)12-8-6-4-2;3*1-2;/h9,11,13,16-18,20-21H,3-8,10,12,14H2,1-2H3;;;;/q-1;;;;/t16-,17+,18+;;;;/m0..../s1. The van der Waals surface area contributed by atoms with Gasteiger partial charge in [0.25, 0.3) is 0 Å². The third kappa shape index (κ3) is 35.0. The molecule has 0 fully saturated rings. The number of unbranched alkanes of at least 4 members (excludes halogenated alkanes) is 4. The van der Waals surface area contributed by atoms with E-state index in [1.165, 1.54) is 6.47 Å². The predicted molar refractivity (Wildman–Crippen MR) is 100 cm³/mol. The summed E-state index contributed by atoms with van der Waals surface area (Å²) in [6.07, 6.45) is 11.9. The van der Waals surface area contributed by atoms with Crippen molar-refractivity contribution in [1.29, 1.82) is 0 Å². The number of rotatable bonds is 16. The Kier molecular flexibility index (Phi) is 50.5. The van der Waals surface area contributed by atoms with Crippen LogP contribution in [0.15, 0.2) is 0 Å². The van der Waals surface area contributed by atoms with Crippen LogP contribution >= 0.6 is 0 Å². The van der Waals surface area contributed by atoms with Gasteiger partial charge in [-0.25, -0.2) is 0 Å². The van der Waals surface area contributed by atoms with Crippen molar-refractivity contribution >= 4 is 6.47 Å². The van der Waals surface area contributed by atoms with Crippen LogP contribution in [0.3, 0.4) is 0 Å². The maximum Gasteiger partial charge on any atom is 0 e. The molecule has 0 heterocycles. The first-order chi connectivity index (χ1) is 13.6. The molecule has 167 valence electrons. The maximum absolute atomic E-state index is 10.3. The molecule has 7 nitrogen and oxygen atoms in total. The van der Waals surface area contributed by atoms with Crippen molar-refractivity contribution in [2.24, 2.45) is 0 Å². The molecule has 8 heteroatoms. The summed E-state index contributed by atoms with van der Waals surface area (Å²) in [5.41, 5.74) is 0. The van der Waals surface area contributed by atoms with Crippen molar-refractivity contribution in [3.8, 4) is 0 Å². The molecule has 0 aromatic rings. The SMILES string of the molecule is CCCCC[C@H](O)C[C@H](O)[CH][CH][CH][C@@H](CCCCC)O[C-]=O.[C-]#[O+].[C-]#[O+].[C-]#[O+].[Fe]. The topological polar surface area (TPSA) is 126 Å². The summed E-state index contributed by atoms with van der Waals surface area (Å²) in [5.74, 6) is 0. The summed E-state index contributed by atoms with van der Waals surface area (Å²) in [6.45, 7) is 19.2. The fraction of sp³-hybridized carbons (Fsp3) is 0.667. The molecular weight excluding hydrogens is 420 g/mol. The van der Waals surface area contributed by atoms with E-state index < -0.39 is 12.2 Å². The zero-order valence-electron chi connectivity index (χ0n) is 17.1.